The number of hydrogen-bond donors (Lipinski definition) is 16. The van der Waals surface area contributed by atoms with Crippen LogP contribution in [-0.4, -0.2) is 152 Å². The van der Waals surface area contributed by atoms with E-state index in [0.29, 0.717) is 45.1 Å². The molecule has 0 aliphatic carbocycles. The van der Waals surface area contributed by atoms with E-state index >= 15 is 0 Å². The molecule has 9 amide bonds. The second kappa shape index (κ2) is 37.5. The predicted molar refractivity (Wildman–Crippen MR) is 388 cm³/mol. The molecule has 30 nitrogen and oxygen atoms in total. The van der Waals surface area contributed by atoms with Crippen molar-refractivity contribution in [1.29, 1.82) is 0 Å². The standard InChI is InChI=1S/C73H87N15O15/c1-100-60-25-21-43(81-70(96)53(77)32-41-38-79-54-16-6-4-14-47(41)54)34-49(60)66(92)85-56(18-8-11-29-74)71(97)82-44-22-26-61(101-2)50(35-44)67(93)86-57(19-9-12-30-75)72(98)84-46-24-28-63(103-40-64(89)90)52(37-46)69(95)87-58(20-10-13-31-76)73(99)83-45-23-27-62(102-3)51(36-45)68(94)88-59(65(78)91)33-42-39-80-55-17-7-5-15-48(42)55/h4-7,14-17,21-28,34-39,53,56-59,79-80H,8-13,18-20,29-33,40,74-77H2,1-3H3,(H2,78,91)(H,81,96)(H,82,97)(H,83,99)(H,84,98)(H,85,92)(H,86,93)(H,87,95)(H,88,94)(H,89,90)/t53-,56-,57-,58-,59-/m0/s1. The number of para-hydroxylation sites is 2. The summed E-state index contributed by atoms with van der Waals surface area (Å²) in [4.78, 5) is 144. The summed E-state index contributed by atoms with van der Waals surface area (Å²) in [5.74, 6) is -8.05. The Morgan fingerprint density at radius 1 is 0.427 bits per heavy atom. The predicted octanol–water partition coefficient (Wildman–Crippen LogP) is 5.07. The van der Waals surface area contributed by atoms with Crippen LogP contribution in [0.5, 0.6) is 23.0 Å². The summed E-state index contributed by atoms with van der Waals surface area (Å²) >= 11 is 0. The monoisotopic (exact) mass is 1410 g/mol. The Labute approximate surface area is 593 Å². The van der Waals surface area contributed by atoms with E-state index < -0.39 is 96.0 Å². The molecule has 21 N–H and O–H groups in total. The summed E-state index contributed by atoms with van der Waals surface area (Å²) in [7, 11) is 4.01. The lowest BCUT2D eigenvalue weighted by molar-refractivity contribution is -0.139. The van der Waals surface area contributed by atoms with Crippen molar-refractivity contribution < 1.29 is 72.0 Å². The number of rotatable bonds is 39. The van der Waals surface area contributed by atoms with E-state index in [2.05, 4.69) is 52.5 Å². The third-order valence-electron chi connectivity index (χ3n) is 16.9. The lowest BCUT2D eigenvalue weighted by atomic mass is 10.0. The number of ether oxygens (including phenoxy) is 4. The van der Waals surface area contributed by atoms with Crippen LogP contribution in [0.25, 0.3) is 21.8 Å². The van der Waals surface area contributed by atoms with Gasteiger partial charge in [-0.1, -0.05) is 36.4 Å². The fourth-order valence-corrected chi connectivity index (χ4v) is 11.5. The smallest absolute Gasteiger partial charge is 0.341 e. The molecule has 8 aromatic rings. The molecule has 0 unspecified atom stereocenters. The van der Waals surface area contributed by atoms with Gasteiger partial charge in [0.1, 0.15) is 47.2 Å². The number of carbonyl (C=O) groups excluding carboxylic acids is 9. The molecule has 2 heterocycles. The van der Waals surface area contributed by atoms with Crippen LogP contribution in [0.3, 0.4) is 0 Å². The zero-order valence-corrected chi connectivity index (χ0v) is 57.2. The number of H-pyrrole nitrogens is 2. The summed E-state index contributed by atoms with van der Waals surface area (Å²) in [5.41, 5.74) is 32.9. The Morgan fingerprint density at radius 3 is 1.11 bits per heavy atom. The van der Waals surface area contributed by atoms with Crippen molar-refractivity contribution in [2.24, 2.45) is 28.7 Å². The molecule has 5 atom stereocenters. The molecular weight excluding hydrogens is 1330 g/mol. The summed E-state index contributed by atoms with van der Waals surface area (Å²) in [6.45, 7) is -0.0931. The number of unbranched alkanes of at least 4 members (excludes halogenated alkanes) is 3. The van der Waals surface area contributed by atoms with Crippen LogP contribution in [0.1, 0.15) is 110 Å². The van der Waals surface area contributed by atoms with Crippen molar-refractivity contribution in [1.82, 2.24) is 31.2 Å². The van der Waals surface area contributed by atoms with Crippen LogP contribution in [-0.2, 0) is 41.6 Å². The molecule has 544 valence electrons. The Kier molecular flexibility index (Phi) is 28.0. The van der Waals surface area contributed by atoms with Gasteiger partial charge in [0.15, 0.2) is 6.61 Å². The van der Waals surface area contributed by atoms with E-state index in [4.69, 9.17) is 47.6 Å². The average Bonchev–Trinajstić information content (AvgIpc) is 1.22. The Hall–Kier alpha value is -11.9. The molecule has 0 aliphatic heterocycles. The molecule has 8 rings (SSSR count). The summed E-state index contributed by atoms with van der Waals surface area (Å²) < 4.78 is 22.1. The molecular formula is C73H87N15O15. The first-order valence-corrected chi connectivity index (χ1v) is 33.4. The van der Waals surface area contributed by atoms with Crippen molar-refractivity contribution in [2.75, 3.05) is 68.8 Å². The minimum absolute atomic E-state index is 0.00514. The van der Waals surface area contributed by atoms with E-state index in [0.717, 1.165) is 32.9 Å². The van der Waals surface area contributed by atoms with Gasteiger partial charge in [0, 0.05) is 63.4 Å². The van der Waals surface area contributed by atoms with Crippen molar-refractivity contribution in [3.05, 3.63) is 167 Å². The van der Waals surface area contributed by atoms with Crippen molar-refractivity contribution in [3.63, 3.8) is 0 Å². The average molecular weight is 1410 g/mol. The van der Waals surface area contributed by atoms with E-state index in [1.165, 1.54) is 88.1 Å². The Balaban J connectivity index is 0.961. The molecule has 0 spiro atoms. The lowest BCUT2D eigenvalue weighted by Crippen LogP contribution is -2.46. The van der Waals surface area contributed by atoms with Gasteiger partial charge in [-0.15, -0.1) is 0 Å². The quantitative estimate of drug-likeness (QED) is 0.0224. The first-order valence-electron chi connectivity index (χ1n) is 33.4. The van der Waals surface area contributed by atoms with E-state index in [9.17, 15) is 53.1 Å². The third kappa shape index (κ3) is 21.1. The number of anilines is 4. The van der Waals surface area contributed by atoms with Gasteiger partial charge in [0.25, 0.3) is 23.6 Å². The van der Waals surface area contributed by atoms with Crippen LogP contribution >= 0.6 is 0 Å². The number of carbonyl (C=O) groups is 10. The lowest BCUT2D eigenvalue weighted by Gasteiger charge is -2.22. The normalized spacial score (nSPS) is 12.5. The number of fused-ring (bicyclic) bond motifs is 2. The molecule has 0 bridgehead atoms. The van der Waals surface area contributed by atoms with Gasteiger partial charge in [-0.05, 0) is 180 Å². The second-order valence-corrected chi connectivity index (χ2v) is 24.2. The molecule has 0 radical (unpaired) electrons. The largest absolute Gasteiger partial charge is 0.496 e. The number of aromatic amines is 2. The molecule has 0 aliphatic rings. The number of methoxy groups -OCH3 is 3. The topological polar surface area (TPSA) is 486 Å². The van der Waals surface area contributed by atoms with Gasteiger partial charge >= 0.3 is 5.97 Å². The highest BCUT2D eigenvalue weighted by Crippen LogP contribution is 2.30. The number of benzene rings is 6. The van der Waals surface area contributed by atoms with Crippen LogP contribution in [0.4, 0.5) is 22.7 Å². The Morgan fingerprint density at radius 2 is 0.757 bits per heavy atom. The highest BCUT2D eigenvalue weighted by atomic mass is 16.5. The van der Waals surface area contributed by atoms with Crippen LogP contribution in [0.15, 0.2) is 134 Å². The van der Waals surface area contributed by atoms with Crippen molar-refractivity contribution >= 4 is 104 Å². The van der Waals surface area contributed by atoms with E-state index in [1.807, 2.05) is 48.5 Å². The maximum Gasteiger partial charge on any atom is 0.341 e. The first kappa shape index (κ1) is 76.9. The van der Waals surface area contributed by atoms with Gasteiger partial charge in [0.2, 0.25) is 29.5 Å². The second-order valence-electron chi connectivity index (χ2n) is 24.2. The van der Waals surface area contributed by atoms with Gasteiger partial charge < -0.3 is 105 Å². The zero-order valence-electron chi connectivity index (χ0n) is 57.2. The molecule has 0 fully saturated rings. The highest BCUT2D eigenvalue weighted by molar-refractivity contribution is 6.08. The molecule has 103 heavy (non-hydrogen) atoms. The number of primary amides is 1. The minimum Gasteiger partial charge on any atom is -0.496 e. The number of nitrogens with one attached hydrogen (secondary N) is 10. The highest BCUT2D eigenvalue weighted by Gasteiger charge is 2.31. The molecule has 6 aromatic carbocycles. The third-order valence-corrected chi connectivity index (χ3v) is 16.9. The Bertz CT molecular complexity index is 4370. The van der Waals surface area contributed by atoms with Gasteiger partial charge in [-0.25, -0.2) is 4.79 Å². The maximum absolute atomic E-state index is 14.5. The zero-order chi connectivity index (χ0) is 74.1. The number of carboxylic acids is 1. The van der Waals surface area contributed by atoms with Gasteiger partial charge in [0.05, 0.1) is 49.6 Å². The number of hydrogen-bond acceptors (Lipinski definition) is 18. The fourth-order valence-electron chi connectivity index (χ4n) is 11.5. The molecule has 0 saturated heterocycles. The fraction of sp³-hybridized carbons (Fsp3) is 0.315. The molecule has 0 saturated carbocycles. The first-order chi connectivity index (χ1) is 49.6. The van der Waals surface area contributed by atoms with E-state index in [-0.39, 0.29) is 113 Å². The maximum atomic E-state index is 14.5. The van der Waals surface area contributed by atoms with Gasteiger partial charge in [-0.2, -0.15) is 0 Å². The molecule has 2 aromatic heterocycles. The number of aromatic nitrogens is 2. The molecule has 30 heteroatoms. The van der Waals surface area contributed by atoms with Crippen LogP contribution < -0.4 is 90.2 Å². The van der Waals surface area contributed by atoms with Crippen molar-refractivity contribution in [2.45, 2.75) is 101 Å². The minimum atomic E-state index is -1.38. The number of nitrogens with two attached hydrogens (primary N) is 5. The van der Waals surface area contributed by atoms with Crippen molar-refractivity contribution in [3.8, 4) is 23.0 Å². The summed E-state index contributed by atoms with van der Waals surface area (Å²) in [6.07, 6.45) is 6.52. The van der Waals surface area contributed by atoms with Gasteiger partial charge in [-0.3, -0.25) is 43.2 Å². The number of carboxylic acid groups (broad SMARTS) is 1. The number of amides is 9. The van der Waals surface area contributed by atoms with Crippen LogP contribution in [0, 0.1) is 0 Å². The summed E-state index contributed by atoms with van der Waals surface area (Å²) in [5, 5.41) is 33.3. The van der Waals surface area contributed by atoms with E-state index in [1.54, 1.807) is 18.5 Å². The number of aliphatic carboxylic acids is 1. The SMILES string of the molecule is COc1ccc(NC(=O)[C@H](CCCCN)NC(=O)c2cc(NC(=O)[C@H](CCCCN)NC(=O)c3cc(NC(=O)[C@H](CCCCN)NC(=O)c4cc(NC(=O)[C@@H](N)Cc5c[nH]c6ccccc56)ccc4OC)ccc3OC)ccc2OCC(=O)O)cc1C(=O)N[C@@H](Cc1c[nH]c2ccccc12)C(N)=O. The van der Waals surface area contributed by atoms with Crippen LogP contribution in [0.2, 0.25) is 0 Å². The summed E-state index contributed by atoms with van der Waals surface area (Å²) in [6, 6.07) is 25.8.